The van der Waals surface area contributed by atoms with Gasteiger partial charge in [-0.15, -0.1) is 0 Å². The summed E-state index contributed by atoms with van der Waals surface area (Å²) >= 11 is 0. The predicted molar refractivity (Wildman–Crippen MR) is 111 cm³/mol. The maximum atomic E-state index is 6.01. The first-order valence-electron chi connectivity index (χ1n) is 10.7. The lowest BCUT2D eigenvalue weighted by Gasteiger charge is -2.47. The van der Waals surface area contributed by atoms with Crippen LogP contribution in [0, 0.1) is 6.92 Å². The topological polar surface area (TPSA) is 57.1 Å². The van der Waals surface area contributed by atoms with Crippen LogP contribution in [0.2, 0.25) is 0 Å². The molecule has 152 valence electrons. The van der Waals surface area contributed by atoms with Gasteiger partial charge in [0.05, 0.1) is 24.9 Å². The highest BCUT2D eigenvalue weighted by atomic mass is 16.5. The van der Waals surface area contributed by atoms with Crippen LogP contribution in [0.25, 0.3) is 0 Å². The van der Waals surface area contributed by atoms with Gasteiger partial charge in [0.25, 0.3) is 0 Å². The van der Waals surface area contributed by atoms with E-state index < -0.39 is 0 Å². The van der Waals surface area contributed by atoms with E-state index >= 15 is 0 Å². The van der Waals surface area contributed by atoms with E-state index in [-0.39, 0.29) is 0 Å². The van der Waals surface area contributed by atoms with Crippen molar-refractivity contribution < 1.29 is 4.74 Å². The molecule has 0 N–H and O–H groups in total. The fourth-order valence-corrected chi connectivity index (χ4v) is 4.15. The van der Waals surface area contributed by atoms with Crippen LogP contribution in [0.4, 0.5) is 5.95 Å². The Bertz CT molecular complexity index is 725. The van der Waals surface area contributed by atoms with Gasteiger partial charge in [-0.25, -0.2) is 25.0 Å². The maximum Gasteiger partial charge on any atom is 0.225 e. The fourth-order valence-electron chi connectivity index (χ4n) is 4.15. The Hall–Kier alpha value is -1.99. The van der Waals surface area contributed by atoms with Crippen molar-refractivity contribution in [3.05, 3.63) is 29.7 Å². The molecule has 1 aromatic heterocycles. The minimum absolute atomic E-state index is 0.397. The molecule has 7 nitrogen and oxygen atoms in total. The first-order chi connectivity index (χ1) is 13.7. The number of allylic oxidation sites excluding steroid dienone is 1. The van der Waals surface area contributed by atoms with Gasteiger partial charge in [0.15, 0.2) is 0 Å². The number of hydrogen-bond acceptors (Lipinski definition) is 7. The average molecular weight is 385 g/mol. The van der Waals surface area contributed by atoms with Gasteiger partial charge in [-0.05, 0) is 38.7 Å². The number of unbranched alkanes of at least 4 members (excludes halogenated alkanes) is 1. The Morgan fingerprint density at radius 1 is 1.21 bits per heavy atom. The number of ether oxygens (including phenoxy) is 1. The van der Waals surface area contributed by atoms with E-state index in [2.05, 4.69) is 37.9 Å². The average Bonchev–Trinajstić information content (AvgIpc) is 2.73. The summed E-state index contributed by atoms with van der Waals surface area (Å²) in [5, 5.41) is 5.00. The van der Waals surface area contributed by atoms with Crippen LogP contribution >= 0.6 is 0 Å². The number of aliphatic imine (C=N–C) groups is 1. The van der Waals surface area contributed by atoms with E-state index in [9.17, 15) is 0 Å². The van der Waals surface area contributed by atoms with Crippen LogP contribution in [0.3, 0.4) is 0 Å². The standard InChI is InChI=1S/C21H32N6O/c1-3-4-15-28-20-16-27(19-8-6-5-7-18(19)24-20)26-13-11-25(12-14-26)21-22-10-9-17(2)23-21/h7,9-10,19H,3-6,8,11-16H2,1-2H3. The number of aryl methyl sites for hydroxylation is 1. The largest absolute Gasteiger partial charge is 0.480 e. The second-order valence-corrected chi connectivity index (χ2v) is 7.82. The molecule has 0 bridgehead atoms. The highest BCUT2D eigenvalue weighted by Crippen LogP contribution is 2.29. The molecule has 0 amide bonds. The van der Waals surface area contributed by atoms with Crippen molar-refractivity contribution in [3.8, 4) is 0 Å². The van der Waals surface area contributed by atoms with Crippen molar-refractivity contribution in [1.82, 2.24) is 20.0 Å². The number of anilines is 1. The van der Waals surface area contributed by atoms with Gasteiger partial charge in [0.1, 0.15) is 0 Å². The van der Waals surface area contributed by atoms with Crippen molar-refractivity contribution >= 4 is 11.8 Å². The van der Waals surface area contributed by atoms with Crippen LogP contribution in [0.15, 0.2) is 29.0 Å². The van der Waals surface area contributed by atoms with Gasteiger partial charge in [0.2, 0.25) is 11.8 Å². The molecule has 3 aliphatic rings. The maximum absolute atomic E-state index is 6.01. The summed E-state index contributed by atoms with van der Waals surface area (Å²) < 4.78 is 6.01. The zero-order valence-corrected chi connectivity index (χ0v) is 17.2. The number of aromatic nitrogens is 2. The fraction of sp³-hybridized carbons (Fsp3) is 0.667. The summed E-state index contributed by atoms with van der Waals surface area (Å²) in [5.41, 5.74) is 2.22. The van der Waals surface area contributed by atoms with Crippen LogP contribution < -0.4 is 4.90 Å². The second kappa shape index (κ2) is 9.01. The van der Waals surface area contributed by atoms with Crippen LogP contribution in [-0.4, -0.2) is 71.3 Å². The molecule has 28 heavy (non-hydrogen) atoms. The number of piperazine rings is 1. The van der Waals surface area contributed by atoms with Crippen LogP contribution in [0.1, 0.15) is 44.7 Å². The zero-order valence-electron chi connectivity index (χ0n) is 17.2. The quantitative estimate of drug-likeness (QED) is 0.728. The van der Waals surface area contributed by atoms with Gasteiger partial charge in [0, 0.05) is 38.1 Å². The number of hydrogen-bond donors (Lipinski definition) is 0. The van der Waals surface area contributed by atoms with Crippen molar-refractivity contribution in [3.63, 3.8) is 0 Å². The third-order valence-corrected chi connectivity index (χ3v) is 5.74. The molecule has 0 aromatic carbocycles. The summed E-state index contributed by atoms with van der Waals surface area (Å²) in [4.78, 5) is 16.2. The number of rotatable bonds is 5. The molecule has 1 atom stereocenters. The molecule has 0 spiro atoms. The third kappa shape index (κ3) is 4.36. The lowest BCUT2D eigenvalue weighted by atomic mass is 9.97. The van der Waals surface area contributed by atoms with Gasteiger partial charge in [-0.2, -0.15) is 0 Å². The molecule has 1 aromatic rings. The summed E-state index contributed by atoms with van der Waals surface area (Å²) in [7, 11) is 0. The first-order valence-corrected chi connectivity index (χ1v) is 10.7. The van der Waals surface area contributed by atoms with E-state index in [0.29, 0.717) is 6.04 Å². The second-order valence-electron chi connectivity index (χ2n) is 7.82. The summed E-state index contributed by atoms with van der Waals surface area (Å²) in [5.74, 6) is 1.73. The highest BCUT2D eigenvalue weighted by Gasteiger charge is 2.35. The molecular formula is C21H32N6O. The number of hydrazine groups is 1. The molecule has 1 aliphatic carbocycles. The molecule has 1 saturated heterocycles. The van der Waals surface area contributed by atoms with Gasteiger partial charge in [-0.1, -0.05) is 19.4 Å². The van der Waals surface area contributed by atoms with E-state index in [1.54, 1.807) is 0 Å². The minimum Gasteiger partial charge on any atom is -0.480 e. The van der Waals surface area contributed by atoms with Crippen molar-refractivity contribution in [2.45, 2.75) is 52.0 Å². The third-order valence-electron chi connectivity index (χ3n) is 5.74. The Balaban J connectivity index is 1.42. The lowest BCUT2D eigenvalue weighted by molar-refractivity contribution is -0.0525. The van der Waals surface area contributed by atoms with Crippen molar-refractivity contribution in [1.29, 1.82) is 0 Å². The summed E-state index contributed by atoms with van der Waals surface area (Å²) in [6.45, 7) is 9.59. The molecule has 0 saturated carbocycles. The Kier molecular flexibility index (Phi) is 6.22. The lowest BCUT2D eigenvalue weighted by Crippen LogP contribution is -2.60. The van der Waals surface area contributed by atoms with Gasteiger partial charge >= 0.3 is 0 Å². The van der Waals surface area contributed by atoms with Gasteiger partial charge < -0.3 is 9.64 Å². The molecule has 2 aliphatic heterocycles. The molecule has 4 rings (SSSR count). The van der Waals surface area contributed by atoms with Crippen LogP contribution in [-0.2, 0) is 4.74 Å². The monoisotopic (exact) mass is 384 g/mol. The molecule has 0 radical (unpaired) electrons. The summed E-state index contributed by atoms with van der Waals surface area (Å²) in [6.07, 6.45) is 9.93. The Morgan fingerprint density at radius 3 is 2.86 bits per heavy atom. The number of fused-ring (bicyclic) bond motifs is 1. The van der Waals surface area contributed by atoms with E-state index in [4.69, 9.17) is 9.73 Å². The van der Waals surface area contributed by atoms with Crippen molar-refractivity contribution in [2.75, 3.05) is 44.2 Å². The Morgan fingerprint density at radius 2 is 2.07 bits per heavy atom. The Labute approximate surface area is 168 Å². The SMILES string of the molecule is CCCCOC1=NC2=CCCCC2N(N2CCN(c3nccc(C)n3)CC2)C1. The van der Waals surface area contributed by atoms with E-state index in [1.807, 2.05) is 19.2 Å². The van der Waals surface area contributed by atoms with Crippen LogP contribution in [0.5, 0.6) is 0 Å². The minimum atomic E-state index is 0.397. The predicted octanol–water partition coefficient (Wildman–Crippen LogP) is 2.79. The first kappa shape index (κ1) is 19.3. The highest BCUT2D eigenvalue weighted by molar-refractivity contribution is 5.80. The molecule has 1 unspecified atom stereocenters. The number of nitrogens with zero attached hydrogens (tertiary/aromatic N) is 6. The zero-order chi connectivity index (χ0) is 19.3. The molecule has 7 heteroatoms. The smallest absolute Gasteiger partial charge is 0.225 e. The molecule has 1 fully saturated rings. The normalized spacial score (nSPS) is 23.8. The van der Waals surface area contributed by atoms with E-state index in [0.717, 1.165) is 76.1 Å². The molecule has 3 heterocycles. The van der Waals surface area contributed by atoms with Gasteiger partial charge in [-0.3, -0.25) is 0 Å². The summed E-state index contributed by atoms with van der Waals surface area (Å²) in [6, 6.07) is 2.35. The van der Waals surface area contributed by atoms with Crippen molar-refractivity contribution in [2.24, 2.45) is 4.99 Å². The molecular weight excluding hydrogens is 352 g/mol. The van der Waals surface area contributed by atoms with E-state index in [1.165, 1.54) is 18.5 Å².